The van der Waals surface area contributed by atoms with E-state index in [1.165, 1.54) is 25.9 Å². The Bertz CT molecular complexity index is 371. The Kier molecular flexibility index (Phi) is 5.39. The number of nitrogens with one attached hydrogen (secondary N) is 1. The molecule has 0 spiro atoms. The van der Waals surface area contributed by atoms with Crippen LogP contribution in [-0.2, 0) is 11.2 Å². The van der Waals surface area contributed by atoms with E-state index >= 15 is 0 Å². The molecule has 1 aliphatic heterocycles. The average Bonchev–Trinajstić information content (AvgIpc) is 3.10. The van der Waals surface area contributed by atoms with Gasteiger partial charge in [0.25, 0.3) is 0 Å². The molecule has 2 rings (SSSR count). The molecule has 0 radical (unpaired) electrons. The van der Waals surface area contributed by atoms with Crippen molar-refractivity contribution in [3.8, 4) is 0 Å². The standard InChI is InChI=1S/C14H24N4O/c1-2-18(10-9-17-7-3-4-8-17)14(19)6-5-13-11-15-16-12-13/h11-12H,2-10H2,1H3,(H,15,16). The second-order valence-corrected chi connectivity index (χ2v) is 5.13. The number of rotatable bonds is 7. The van der Waals surface area contributed by atoms with Gasteiger partial charge >= 0.3 is 0 Å². The van der Waals surface area contributed by atoms with Crippen LogP contribution in [0.15, 0.2) is 12.4 Å². The molecule has 1 amide bonds. The number of carbonyl (C=O) groups is 1. The van der Waals surface area contributed by atoms with Crippen molar-refractivity contribution >= 4 is 5.91 Å². The first-order valence-corrected chi connectivity index (χ1v) is 7.27. The summed E-state index contributed by atoms with van der Waals surface area (Å²) >= 11 is 0. The van der Waals surface area contributed by atoms with Gasteiger partial charge in [-0.2, -0.15) is 5.10 Å². The first-order valence-electron chi connectivity index (χ1n) is 7.27. The zero-order valence-corrected chi connectivity index (χ0v) is 11.8. The van der Waals surface area contributed by atoms with Gasteiger partial charge in [0.05, 0.1) is 6.20 Å². The summed E-state index contributed by atoms with van der Waals surface area (Å²) in [6.45, 7) is 7.13. The first-order chi connectivity index (χ1) is 9.29. The summed E-state index contributed by atoms with van der Waals surface area (Å²) in [6, 6.07) is 0. The van der Waals surface area contributed by atoms with Crippen LogP contribution >= 0.6 is 0 Å². The van der Waals surface area contributed by atoms with Crippen molar-refractivity contribution in [3.63, 3.8) is 0 Å². The molecule has 0 saturated carbocycles. The number of H-pyrrole nitrogens is 1. The van der Waals surface area contributed by atoms with Crippen LogP contribution < -0.4 is 0 Å². The number of aromatic nitrogens is 2. The van der Waals surface area contributed by atoms with Crippen molar-refractivity contribution in [3.05, 3.63) is 18.0 Å². The molecule has 1 saturated heterocycles. The second-order valence-electron chi connectivity index (χ2n) is 5.13. The minimum atomic E-state index is 0.253. The van der Waals surface area contributed by atoms with Crippen LogP contribution in [0.2, 0.25) is 0 Å². The molecule has 1 aromatic heterocycles. The van der Waals surface area contributed by atoms with E-state index in [4.69, 9.17) is 0 Å². The maximum atomic E-state index is 12.2. The van der Waals surface area contributed by atoms with Gasteiger partial charge in [0.1, 0.15) is 0 Å². The maximum absolute atomic E-state index is 12.2. The predicted molar refractivity (Wildman–Crippen MR) is 74.8 cm³/mol. The maximum Gasteiger partial charge on any atom is 0.222 e. The summed E-state index contributed by atoms with van der Waals surface area (Å²) in [7, 11) is 0. The SMILES string of the molecule is CCN(CCN1CCCC1)C(=O)CCc1cn[nH]c1. The number of aromatic amines is 1. The quantitative estimate of drug-likeness (QED) is 0.807. The third kappa shape index (κ3) is 4.35. The van der Waals surface area contributed by atoms with Gasteiger partial charge in [0.2, 0.25) is 5.91 Å². The van der Waals surface area contributed by atoms with Crippen molar-refractivity contribution in [2.75, 3.05) is 32.7 Å². The van der Waals surface area contributed by atoms with Gasteiger partial charge in [-0.3, -0.25) is 9.89 Å². The highest BCUT2D eigenvalue weighted by molar-refractivity contribution is 5.76. The van der Waals surface area contributed by atoms with Gasteiger partial charge in [0, 0.05) is 32.3 Å². The predicted octanol–water partition coefficient (Wildman–Crippen LogP) is 1.29. The summed E-state index contributed by atoms with van der Waals surface area (Å²) in [4.78, 5) is 16.6. The molecule has 0 unspecified atom stereocenters. The van der Waals surface area contributed by atoms with Crippen LogP contribution in [0.25, 0.3) is 0 Å². The zero-order chi connectivity index (χ0) is 13.5. The Morgan fingerprint density at radius 3 is 2.89 bits per heavy atom. The van der Waals surface area contributed by atoms with E-state index < -0.39 is 0 Å². The molecule has 0 aromatic carbocycles. The van der Waals surface area contributed by atoms with E-state index in [1.54, 1.807) is 6.20 Å². The Labute approximate surface area is 115 Å². The van der Waals surface area contributed by atoms with Crippen LogP contribution in [0.3, 0.4) is 0 Å². The fourth-order valence-electron chi connectivity index (χ4n) is 2.55. The van der Waals surface area contributed by atoms with Gasteiger partial charge in [-0.25, -0.2) is 0 Å². The minimum absolute atomic E-state index is 0.253. The van der Waals surface area contributed by atoms with Gasteiger partial charge in [-0.1, -0.05) is 0 Å². The Balaban J connectivity index is 1.71. The number of likely N-dealkylation sites (tertiary alicyclic amines) is 1. The summed E-state index contributed by atoms with van der Waals surface area (Å²) in [6.07, 6.45) is 7.60. The number of carbonyl (C=O) groups excluding carboxylic acids is 1. The highest BCUT2D eigenvalue weighted by Gasteiger charge is 2.15. The van der Waals surface area contributed by atoms with Crippen molar-refractivity contribution in [1.82, 2.24) is 20.0 Å². The average molecular weight is 264 g/mol. The third-order valence-corrected chi connectivity index (χ3v) is 3.80. The van der Waals surface area contributed by atoms with E-state index in [-0.39, 0.29) is 5.91 Å². The highest BCUT2D eigenvalue weighted by Crippen LogP contribution is 2.08. The number of amides is 1. The lowest BCUT2D eigenvalue weighted by Crippen LogP contribution is -2.37. The molecule has 0 aliphatic carbocycles. The second kappa shape index (κ2) is 7.28. The van der Waals surface area contributed by atoms with E-state index in [1.807, 2.05) is 11.1 Å². The number of nitrogens with zero attached hydrogens (tertiary/aromatic N) is 3. The van der Waals surface area contributed by atoms with Gasteiger partial charge < -0.3 is 9.80 Å². The molecule has 1 aromatic rings. The van der Waals surface area contributed by atoms with Crippen molar-refractivity contribution in [1.29, 1.82) is 0 Å². The lowest BCUT2D eigenvalue weighted by Gasteiger charge is -2.24. The van der Waals surface area contributed by atoms with E-state index in [0.29, 0.717) is 6.42 Å². The van der Waals surface area contributed by atoms with Gasteiger partial charge in [-0.05, 0) is 44.8 Å². The van der Waals surface area contributed by atoms with Crippen LogP contribution in [0.4, 0.5) is 0 Å². The molecule has 106 valence electrons. The van der Waals surface area contributed by atoms with Gasteiger partial charge in [-0.15, -0.1) is 0 Å². The number of hydrogen-bond donors (Lipinski definition) is 1. The highest BCUT2D eigenvalue weighted by atomic mass is 16.2. The lowest BCUT2D eigenvalue weighted by molar-refractivity contribution is -0.131. The first kappa shape index (κ1) is 14.1. The van der Waals surface area contributed by atoms with Crippen LogP contribution in [0.1, 0.15) is 31.7 Å². The molecule has 5 heteroatoms. The van der Waals surface area contributed by atoms with Crippen molar-refractivity contribution in [2.24, 2.45) is 0 Å². The van der Waals surface area contributed by atoms with Crippen molar-refractivity contribution in [2.45, 2.75) is 32.6 Å². The zero-order valence-electron chi connectivity index (χ0n) is 11.8. The molecular weight excluding hydrogens is 240 g/mol. The van der Waals surface area contributed by atoms with Gasteiger partial charge in [0.15, 0.2) is 0 Å². The lowest BCUT2D eigenvalue weighted by atomic mass is 10.2. The number of likely N-dealkylation sites (N-methyl/N-ethyl adjacent to an activating group) is 1. The molecule has 1 fully saturated rings. The summed E-state index contributed by atoms with van der Waals surface area (Å²) in [5.41, 5.74) is 1.10. The van der Waals surface area contributed by atoms with Crippen LogP contribution in [0, 0.1) is 0 Å². The van der Waals surface area contributed by atoms with Crippen LogP contribution in [0.5, 0.6) is 0 Å². The third-order valence-electron chi connectivity index (χ3n) is 3.80. The summed E-state index contributed by atoms with van der Waals surface area (Å²) < 4.78 is 0. The summed E-state index contributed by atoms with van der Waals surface area (Å²) in [5.74, 6) is 0.253. The molecular formula is C14H24N4O. The molecule has 0 bridgehead atoms. The largest absolute Gasteiger partial charge is 0.342 e. The topological polar surface area (TPSA) is 52.2 Å². The van der Waals surface area contributed by atoms with E-state index in [0.717, 1.165) is 31.6 Å². The molecule has 19 heavy (non-hydrogen) atoms. The molecule has 5 nitrogen and oxygen atoms in total. The molecule has 1 N–H and O–H groups in total. The summed E-state index contributed by atoms with van der Waals surface area (Å²) in [5, 5.41) is 6.67. The monoisotopic (exact) mass is 264 g/mol. The number of aryl methyl sites for hydroxylation is 1. The Hall–Kier alpha value is -1.36. The fourth-order valence-corrected chi connectivity index (χ4v) is 2.55. The fraction of sp³-hybridized carbons (Fsp3) is 0.714. The van der Waals surface area contributed by atoms with Crippen LogP contribution in [-0.4, -0.2) is 58.6 Å². The molecule has 1 aliphatic rings. The smallest absolute Gasteiger partial charge is 0.222 e. The minimum Gasteiger partial charge on any atom is -0.342 e. The Morgan fingerprint density at radius 2 is 2.26 bits per heavy atom. The Morgan fingerprint density at radius 1 is 1.47 bits per heavy atom. The normalized spacial score (nSPS) is 15.8. The van der Waals surface area contributed by atoms with Crippen molar-refractivity contribution < 1.29 is 4.79 Å². The van der Waals surface area contributed by atoms with E-state index in [9.17, 15) is 4.79 Å². The molecule has 2 heterocycles. The number of hydrogen-bond acceptors (Lipinski definition) is 3. The molecule has 0 atom stereocenters. The van der Waals surface area contributed by atoms with E-state index in [2.05, 4.69) is 22.0 Å².